The third-order valence-electron chi connectivity index (χ3n) is 4.11. The Balaban J connectivity index is 0.00000220. The zero-order valence-electron chi connectivity index (χ0n) is 11.8. The molecule has 0 bridgehead atoms. The molecule has 21 heavy (non-hydrogen) atoms. The van der Waals surface area contributed by atoms with Gasteiger partial charge in [-0.15, -0.1) is 12.4 Å². The lowest BCUT2D eigenvalue weighted by atomic mass is 9.71. The summed E-state index contributed by atoms with van der Waals surface area (Å²) in [7, 11) is 0. The van der Waals surface area contributed by atoms with Crippen molar-refractivity contribution >= 4 is 24.0 Å². The fourth-order valence-corrected chi connectivity index (χ4v) is 2.89. The van der Waals surface area contributed by atoms with Crippen LogP contribution < -0.4 is 11.1 Å². The first-order valence-electron chi connectivity index (χ1n) is 7.00. The lowest BCUT2D eigenvalue weighted by Crippen LogP contribution is -2.36. The predicted molar refractivity (Wildman–Crippen MR) is 81.4 cm³/mol. The molecule has 1 fully saturated rings. The number of nitrogens with one attached hydrogen (secondary N) is 1. The Bertz CT molecular complexity index is 491. The van der Waals surface area contributed by atoms with Gasteiger partial charge in [0.15, 0.2) is 11.6 Å². The minimum atomic E-state index is -1.02. The molecular formula is C15H21ClF2N2O. The molecule has 0 radical (unpaired) electrons. The summed E-state index contributed by atoms with van der Waals surface area (Å²) in [6.07, 6.45) is 5.41. The number of amides is 1. The van der Waals surface area contributed by atoms with Crippen LogP contribution in [0.3, 0.4) is 0 Å². The lowest BCUT2D eigenvalue weighted by Gasteiger charge is -2.35. The highest BCUT2D eigenvalue weighted by Gasteiger charge is 2.33. The zero-order valence-corrected chi connectivity index (χ0v) is 12.6. The van der Waals surface area contributed by atoms with Crippen LogP contribution in [0, 0.1) is 17.0 Å². The van der Waals surface area contributed by atoms with E-state index in [1.165, 1.54) is 18.6 Å². The van der Waals surface area contributed by atoms with E-state index in [2.05, 4.69) is 5.32 Å². The molecule has 6 heteroatoms. The molecule has 0 unspecified atom stereocenters. The van der Waals surface area contributed by atoms with Crippen molar-refractivity contribution in [2.75, 3.05) is 11.9 Å². The van der Waals surface area contributed by atoms with E-state index in [4.69, 9.17) is 5.73 Å². The van der Waals surface area contributed by atoms with Gasteiger partial charge >= 0.3 is 0 Å². The number of hydrogen-bond acceptors (Lipinski definition) is 2. The van der Waals surface area contributed by atoms with Gasteiger partial charge in [0, 0.05) is 6.42 Å². The molecule has 1 aliphatic carbocycles. The quantitative estimate of drug-likeness (QED) is 0.890. The monoisotopic (exact) mass is 318 g/mol. The van der Waals surface area contributed by atoms with Gasteiger partial charge in [0.25, 0.3) is 0 Å². The largest absolute Gasteiger partial charge is 0.330 e. The molecule has 2 rings (SSSR count). The lowest BCUT2D eigenvalue weighted by molar-refractivity contribution is -0.118. The average molecular weight is 319 g/mol. The summed E-state index contributed by atoms with van der Waals surface area (Å²) in [6.45, 7) is 0.450. The third-order valence-corrected chi connectivity index (χ3v) is 4.11. The molecule has 3 N–H and O–H groups in total. The van der Waals surface area contributed by atoms with E-state index in [-0.39, 0.29) is 35.8 Å². The maximum absolute atomic E-state index is 13.5. The highest BCUT2D eigenvalue weighted by atomic mass is 35.5. The van der Waals surface area contributed by atoms with Gasteiger partial charge in [-0.3, -0.25) is 4.79 Å². The van der Waals surface area contributed by atoms with Crippen molar-refractivity contribution < 1.29 is 13.6 Å². The minimum Gasteiger partial charge on any atom is -0.330 e. The molecule has 1 aliphatic rings. The molecule has 3 nitrogen and oxygen atoms in total. The summed E-state index contributed by atoms with van der Waals surface area (Å²) in [6, 6.07) is 3.74. The van der Waals surface area contributed by atoms with Crippen molar-refractivity contribution in [1.82, 2.24) is 0 Å². The van der Waals surface area contributed by atoms with Crippen LogP contribution in [0.2, 0.25) is 0 Å². The van der Waals surface area contributed by atoms with Crippen LogP contribution in [0.15, 0.2) is 18.2 Å². The average Bonchev–Trinajstić information content (AvgIpc) is 2.45. The molecular weight excluding hydrogens is 298 g/mol. The van der Waals surface area contributed by atoms with Crippen LogP contribution in [0.4, 0.5) is 14.5 Å². The second kappa shape index (κ2) is 7.71. The van der Waals surface area contributed by atoms with Crippen LogP contribution in [0.25, 0.3) is 0 Å². The highest BCUT2D eigenvalue weighted by Crippen LogP contribution is 2.38. The summed E-state index contributed by atoms with van der Waals surface area (Å²) >= 11 is 0. The van der Waals surface area contributed by atoms with Crippen molar-refractivity contribution in [3.8, 4) is 0 Å². The number of halogens is 3. The van der Waals surface area contributed by atoms with Crippen LogP contribution in [-0.4, -0.2) is 12.5 Å². The number of carbonyl (C=O) groups is 1. The van der Waals surface area contributed by atoms with Gasteiger partial charge in [-0.1, -0.05) is 25.3 Å². The first-order valence-corrected chi connectivity index (χ1v) is 7.00. The molecule has 0 aromatic heterocycles. The topological polar surface area (TPSA) is 55.1 Å². The Morgan fingerprint density at radius 3 is 2.52 bits per heavy atom. The maximum Gasteiger partial charge on any atom is 0.225 e. The van der Waals surface area contributed by atoms with E-state index in [1.54, 1.807) is 0 Å². The molecule has 0 spiro atoms. The minimum absolute atomic E-state index is 0. The number of nitrogens with two attached hydrogens (primary N) is 1. The normalized spacial score (nSPS) is 16.9. The molecule has 0 atom stereocenters. The standard InChI is InChI=1S/C15H20F2N2O.ClH/c16-11-5-4-6-12(14(11)17)19-13(20)9-15(10-18)7-2-1-3-8-15;/h4-6H,1-3,7-10,18H2,(H,19,20);1H. The molecule has 0 aliphatic heterocycles. The van der Waals surface area contributed by atoms with Crippen LogP contribution in [0.5, 0.6) is 0 Å². The SMILES string of the molecule is Cl.NCC1(CC(=O)Nc2cccc(F)c2F)CCCCC1. The second-order valence-corrected chi connectivity index (χ2v) is 5.59. The highest BCUT2D eigenvalue weighted by molar-refractivity contribution is 5.91. The first kappa shape index (κ1) is 17.9. The number of carbonyl (C=O) groups excluding carboxylic acids is 1. The van der Waals surface area contributed by atoms with Gasteiger partial charge in [0.2, 0.25) is 5.91 Å². The van der Waals surface area contributed by atoms with Crippen LogP contribution >= 0.6 is 12.4 Å². The van der Waals surface area contributed by atoms with Crippen molar-refractivity contribution in [2.45, 2.75) is 38.5 Å². The van der Waals surface area contributed by atoms with E-state index in [0.717, 1.165) is 31.7 Å². The van der Waals surface area contributed by atoms with Crippen LogP contribution in [0.1, 0.15) is 38.5 Å². The molecule has 0 heterocycles. The Hall–Kier alpha value is -1.20. The Morgan fingerprint density at radius 1 is 1.24 bits per heavy atom. The number of anilines is 1. The maximum atomic E-state index is 13.5. The summed E-state index contributed by atoms with van der Waals surface area (Å²) in [5.74, 6) is -2.29. The smallest absolute Gasteiger partial charge is 0.225 e. The van der Waals surface area contributed by atoms with E-state index >= 15 is 0 Å². The van der Waals surface area contributed by atoms with E-state index in [1.807, 2.05) is 0 Å². The Kier molecular flexibility index (Phi) is 6.55. The predicted octanol–water partition coefficient (Wildman–Crippen LogP) is 3.62. The van der Waals surface area contributed by atoms with Gasteiger partial charge in [0.1, 0.15) is 0 Å². The second-order valence-electron chi connectivity index (χ2n) is 5.59. The van der Waals surface area contributed by atoms with Crippen molar-refractivity contribution in [1.29, 1.82) is 0 Å². The first-order chi connectivity index (χ1) is 9.56. The number of hydrogen-bond donors (Lipinski definition) is 2. The Labute approximate surface area is 129 Å². The van der Waals surface area contributed by atoms with Crippen molar-refractivity contribution in [2.24, 2.45) is 11.1 Å². The van der Waals surface area contributed by atoms with Gasteiger partial charge < -0.3 is 11.1 Å². The van der Waals surface area contributed by atoms with Crippen LogP contribution in [-0.2, 0) is 4.79 Å². The zero-order chi connectivity index (χ0) is 14.6. The van der Waals surface area contributed by atoms with E-state index < -0.39 is 11.6 Å². The summed E-state index contributed by atoms with van der Waals surface area (Å²) in [4.78, 5) is 12.1. The van der Waals surface area contributed by atoms with Gasteiger partial charge in [-0.05, 0) is 36.9 Å². The summed E-state index contributed by atoms with van der Waals surface area (Å²) in [5.41, 5.74) is 5.52. The number of rotatable bonds is 4. The molecule has 1 aromatic rings. The number of benzene rings is 1. The van der Waals surface area contributed by atoms with Gasteiger partial charge in [-0.2, -0.15) is 0 Å². The molecule has 1 amide bonds. The Morgan fingerprint density at radius 2 is 1.90 bits per heavy atom. The van der Waals surface area contributed by atoms with Gasteiger partial charge in [0.05, 0.1) is 5.69 Å². The molecule has 1 aromatic carbocycles. The summed E-state index contributed by atoms with van der Waals surface area (Å²) in [5, 5.41) is 2.45. The van der Waals surface area contributed by atoms with Gasteiger partial charge in [-0.25, -0.2) is 8.78 Å². The molecule has 1 saturated carbocycles. The van der Waals surface area contributed by atoms with E-state index in [9.17, 15) is 13.6 Å². The fraction of sp³-hybridized carbons (Fsp3) is 0.533. The fourth-order valence-electron chi connectivity index (χ4n) is 2.89. The van der Waals surface area contributed by atoms with E-state index in [0.29, 0.717) is 6.54 Å². The molecule has 0 saturated heterocycles. The molecule has 118 valence electrons. The van der Waals surface area contributed by atoms with Crippen molar-refractivity contribution in [3.63, 3.8) is 0 Å². The summed E-state index contributed by atoms with van der Waals surface area (Å²) < 4.78 is 26.6. The third kappa shape index (κ3) is 4.38. The van der Waals surface area contributed by atoms with Crippen molar-refractivity contribution in [3.05, 3.63) is 29.8 Å².